The molecule has 0 aliphatic carbocycles. The zero-order valence-electron chi connectivity index (χ0n) is 10.4. The smallest absolute Gasteiger partial charge is 0.309 e. The number of ether oxygens (including phenoxy) is 1. The van der Waals surface area contributed by atoms with Gasteiger partial charge in [0.15, 0.2) is 0 Å². The van der Waals surface area contributed by atoms with Crippen molar-refractivity contribution in [2.75, 3.05) is 26.7 Å². The van der Waals surface area contributed by atoms with E-state index in [1.54, 1.807) is 0 Å². The third kappa shape index (κ3) is 4.79. The number of esters is 1. The number of carbonyl (C=O) groups is 1. The summed E-state index contributed by atoms with van der Waals surface area (Å²) in [6.07, 6.45) is 8.15. The van der Waals surface area contributed by atoms with Gasteiger partial charge < -0.3 is 9.64 Å². The van der Waals surface area contributed by atoms with Gasteiger partial charge in [-0.15, -0.1) is 0 Å². The molecule has 3 nitrogen and oxygen atoms in total. The number of hydrogen-bond donors (Lipinski definition) is 0. The fourth-order valence-electron chi connectivity index (χ4n) is 2.09. The maximum absolute atomic E-state index is 10.9. The van der Waals surface area contributed by atoms with Crippen LogP contribution in [0.25, 0.3) is 0 Å². The minimum absolute atomic E-state index is 0.156. The van der Waals surface area contributed by atoms with Crippen molar-refractivity contribution in [2.24, 2.45) is 5.92 Å². The van der Waals surface area contributed by atoms with Crippen LogP contribution in [0.2, 0.25) is 0 Å². The summed E-state index contributed by atoms with van der Waals surface area (Å²) in [5.41, 5.74) is 0. The van der Waals surface area contributed by atoms with Gasteiger partial charge >= 0.3 is 5.97 Å². The van der Waals surface area contributed by atoms with Crippen molar-refractivity contribution in [3.05, 3.63) is 12.2 Å². The fourth-order valence-corrected chi connectivity index (χ4v) is 2.09. The van der Waals surface area contributed by atoms with E-state index in [-0.39, 0.29) is 5.97 Å². The molecule has 0 aromatic carbocycles. The number of carbonyl (C=O) groups excluding carboxylic acids is 1. The zero-order valence-corrected chi connectivity index (χ0v) is 10.4. The van der Waals surface area contributed by atoms with Crippen molar-refractivity contribution >= 4 is 5.97 Å². The second-order valence-electron chi connectivity index (χ2n) is 4.37. The minimum atomic E-state index is -0.156. The second kappa shape index (κ2) is 7.44. The first-order valence-electron chi connectivity index (χ1n) is 6.20. The number of hydrogen-bond acceptors (Lipinski definition) is 3. The lowest BCUT2D eigenvalue weighted by molar-refractivity contribution is -0.139. The van der Waals surface area contributed by atoms with Crippen LogP contribution >= 0.6 is 0 Å². The Bertz CT molecular complexity index is 230. The lowest BCUT2D eigenvalue weighted by atomic mass is 9.93. The molecule has 1 aliphatic rings. The van der Waals surface area contributed by atoms with Crippen LogP contribution in [0.4, 0.5) is 0 Å². The van der Waals surface area contributed by atoms with Crippen molar-refractivity contribution in [1.29, 1.82) is 0 Å². The van der Waals surface area contributed by atoms with Gasteiger partial charge in [0, 0.05) is 0 Å². The van der Waals surface area contributed by atoms with Crippen LogP contribution in [0.1, 0.15) is 32.6 Å². The molecule has 0 aromatic rings. The van der Waals surface area contributed by atoms with E-state index in [2.05, 4.69) is 22.6 Å². The molecule has 0 aromatic heterocycles. The van der Waals surface area contributed by atoms with Gasteiger partial charge in [0.1, 0.15) is 0 Å². The van der Waals surface area contributed by atoms with Gasteiger partial charge in [-0.3, -0.25) is 4.79 Å². The molecule has 0 unspecified atom stereocenters. The Morgan fingerprint density at radius 3 is 2.62 bits per heavy atom. The molecule has 1 saturated heterocycles. The highest BCUT2D eigenvalue weighted by molar-refractivity contribution is 5.70. The second-order valence-corrected chi connectivity index (χ2v) is 4.37. The van der Waals surface area contributed by atoms with Crippen molar-refractivity contribution < 1.29 is 9.53 Å². The average molecular weight is 225 g/mol. The first-order valence-corrected chi connectivity index (χ1v) is 6.20. The van der Waals surface area contributed by atoms with E-state index >= 15 is 0 Å². The van der Waals surface area contributed by atoms with E-state index < -0.39 is 0 Å². The number of methoxy groups -OCH3 is 1. The summed E-state index contributed by atoms with van der Waals surface area (Å²) in [6.45, 7) is 5.85. The van der Waals surface area contributed by atoms with Crippen LogP contribution in [-0.2, 0) is 9.53 Å². The summed E-state index contributed by atoms with van der Waals surface area (Å²) >= 11 is 0. The van der Waals surface area contributed by atoms with Gasteiger partial charge in [-0.1, -0.05) is 19.1 Å². The van der Waals surface area contributed by atoms with E-state index in [9.17, 15) is 4.79 Å². The van der Waals surface area contributed by atoms with Crippen LogP contribution in [0.5, 0.6) is 0 Å². The monoisotopic (exact) mass is 225 g/mol. The first-order chi connectivity index (χ1) is 7.76. The lowest BCUT2D eigenvalue weighted by Gasteiger charge is -2.30. The molecule has 0 atom stereocenters. The molecule has 16 heavy (non-hydrogen) atoms. The fraction of sp³-hybridized carbons (Fsp3) is 0.769. The molecule has 3 heteroatoms. The van der Waals surface area contributed by atoms with E-state index in [1.807, 2.05) is 6.08 Å². The van der Waals surface area contributed by atoms with Gasteiger partial charge in [-0.2, -0.15) is 0 Å². The third-order valence-corrected chi connectivity index (χ3v) is 3.30. The zero-order chi connectivity index (χ0) is 11.8. The van der Waals surface area contributed by atoms with E-state index in [1.165, 1.54) is 39.6 Å². The number of likely N-dealkylation sites (tertiary alicyclic amines) is 1. The van der Waals surface area contributed by atoms with Crippen molar-refractivity contribution in [3.63, 3.8) is 0 Å². The molecule has 0 saturated carbocycles. The molecule has 1 aliphatic heterocycles. The molecular formula is C13H23NO2. The Morgan fingerprint density at radius 1 is 1.38 bits per heavy atom. The summed E-state index contributed by atoms with van der Waals surface area (Å²) in [5, 5.41) is 0. The summed E-state index contributed by atoms with van der Waals surface area (Å²) < 4.78 is 4.57. The normalized spacial score (nSPS) is 19.1. The van der Waals surface area contributed by atoms with E-state index in [0.717, 1.165) is 12.3 Å². The predicted molar refractivity (Wildman–Crippen MR) is 65.2 cm³/mol. The van der Waals surface area contributed by atoms with Gasteiger partial charge in [-0.25, -0.2) is 0 Å². The summed E-state index contributed by atoms with van der Waals surface area (Å²) in [6, 6.07) is 0. The van der Waals surface area contributed by atoms with Crippen molar-refractivity contribution in [1.82, 2.24) is 4.90 Å². The Balaban J connectivity index is 2.12. The molecule has 0 amide bonds. The average Bonchev–Trinajstić information content (AvgIpc) is 2.35. The molecule has 1 rings (SSSR count). The number of nitrogens with zero attached hydrogens (tertiary/aromatic N) is 1. The standard InChI is InChI=1S/C13H23NO2/c1-3-14-10-8-12(9-11-14)6-4-5-7-13(15)16-2/h4-5,12H,3,6-11H2,1-2H3/b5-4-. The third-order valence-electron chi connectivity index (χ3n) is 3.30. The minimum Gasteiger partial charge on any atom is -0.469 e. The van der Waals surface area contributed by atoms with Crippen LogP contribution in [0.15, 0.2) is 12.2 Å². The van der Waals surface area contributed by atoms with Gasteiger partial charge in [0.25, 0.3) is 0 Å². The van der Waals surface area contributed by atoms with Gasteiger partial charge in [0.05, 0.1) is 13.5 Å². The SMILES string of the molecule is CCN1CCC(C/C=C\CC(=O)OC)CC1. The predicted octanol–water partition coefficient (Wildman–Crippen LogP) is 2.23. The summed E-state index contributed by atoms with van der Waals surface area (Å²) in [5.74, 6) is 0.647. The lowest BCUT2D eigenvalue weighted by Crippen LogP contribution is -2.33. The number of allylic oxidation sites excluding steroid dienone is 1. The van der Waals surface area contributed by atoms with Gasteiger partial charge in [0.2, 0.25) is 0 Å². The molecule has 92 valence electrons. The van der Waals surface area contributed by atoms with Crippen LogP contribution in [-0.4, -0.2) is 37.6 Å². The summed E-state index contributed by atoms with van der Waals surface area (Å²) in [4.78, 5) is 13.4. The van der Waals surface area contributed by atoms with Crippen LogP contribution < -0.4 is 0 Å². The highest BCUT2D eigenvalue weighted by Crippen LogP contribution is 2.20. The molecule has 1 fully saturated rings. The highest BCUT2D eigenvalue weighted by atomic mass is 16.5. The Kier molecular flexibility index (Phi) is 6.16. The maximum atomic E-state index is 10.9. The van der Waals surface area contributed by atoms with Crippen LogP contribution in [0.3, 0.4) is 0 Å². The molecule has 0 spiro atoms. The number of rotatable bonds is 5. The topological polar surface area (TPSA) is 29.5 Å². The molecule has 0 bridgehead atoms. The largest absolute Gasteiger partial charge is 0.469 e. The molecule has 0 radical (unpaired) electrons. The quantitative estimate of drug-likeness (QED) is 0.531. The summed E-state index contributed by atoms with van der Waals surface area (Å²) in [7, 11) is 1.43. The van der Waals surface area contributed by atoms with Gasteiger partial charge in [-0.05, 0) is 44.8 Å². The van der Waals surface area contributed by atoms with Crippen molar-refractivity contribution in [3.8, 4) is 0 Å². The Hall–Kier alpha value is -0.830. The molecule has 0 N–H and O–H groups in total. The molecule has 1 heterocycles. The van der Waals surface area contributed by atoms with Crippen LogP contribution in [0, 0.1) is 5.92 Å². The number of piperidine rings is 1. The molecular weight excluding hydrogens is 202 g/mol. The van der Waals surface area contributed by atoms with E-state index in [4.69, 9.17) is 0 Å². The van der Waals surface area contributed by atoms with Crippen molar-refractivity contribution in [2.45, 2.75) is 32.6 Å². The maximum Gasteiger partial charge on any atom is 0.309 e. The highest BCUT2D eigenvalue weighted by Gasteiger charge is 2.16. The first kappa shape index (κ1) is 13.2. The Morgan fingerprint density at radius 2 is 2.06 bits per heavy atom. The Labute approximate surface area is 98.5 Å². The van der Waals surface area contributed by atoms with E-state index in [0.29, 0.717) is 6.42 Å².